The van der Waals surface area contributed by atoms with E-state index in [4.69, 9.17) is 9.15 Å². The third-order valence-corrected chi connectivity index (χ3v) is 5.31. The summed E-state index contributed by atoms with van der Waals surface area (Å²) in [5, 5.41) is 4.51. The van der Waals surface area contributed by atoms with E-state index in [-0.39, 0.29) is 12.5 Å². The Morgan fingerprint density at radius 1 is 1.25 bits per heavy atom. The third-order valence-electron chi connectivity index (χ3n) is 4.65. The van der Waals surface area contributed by atoms with Crippen LogP contribution in [0.1, 0.15) is 40.2 Å². The largest absolute Gasteiger partial charge is 0.484 e. The van der Waals surface area contributed by atoms with E-state index < -0.39 is 0 Å². The molecule has 0 spiro atoms. The van der Waals surface area contributed by atoms with Crippen LogP contribution in [0.3, 0.4) is 0 Å². The molecule has 0 unspecified atom stereocenters. The number of furan rings is 1. The molecule has 3 rings (SSSR count). The zero-order chi connectivity index (χ0) is 20.3. The smallest absolute Gasteiger partial charge is 0.289 e. The van der Waals surface area contributed by atoms with Crippen LogP contribution in [0.25, 0.3) is 0 Å². The first-order valence-corrected chi connectivity index (χ1v) is 9.94. The molecule has 0 fully saturated rings. The number of benzene rings is 1. The molecule has 2 heterocycles. The van der Waals surface area contributed by atoms with Gasteiger partial charge >= 0.3 is 0 Å². The molecule has 2 aromatic heterocycles. The molecule has 3 aromatic rings. The maximum atomic E-state index is 12.7. The molecule has 0 aliphatic heterocycles. The van der Waals surface area contributed by atoms with Crippen LogP contribution < -0.4 is 4.74 Å². The Morgan fingerprint density at radius 2 is 2.00 bits per heavy atom. The number of halogens is 1. The molecule has 6 nitrogen and oxygen atoms in total. The first-order valence-electron chi connectivity index (χ1n) is 9.15. The lowest BCUT2D eigenvalue weighted by molar-refractivity contribution is 0.0749. The number of carbonyl (C=O) groups is 1. The monoisotopic (exact) mass is 445 g/mol. The molecule has 0 N–H and O–H groups in total. The zero-order valence-electron chi connectivity index (χ0n) is 16.5. The van der Waals surface area contributed by atoms with Crippen LogP contribution in [0.15, 0.2) is 45.3 Å². The van der Waals surface area contributed by atoms with Crippen molar-refractivity contribution in [3.8, 4) is 5.75 Å². The normalized spacial score (nSPS) is 10.9. The second-order valence-corrected chi connectivity index (χ2v) is 7.47. The number of hydrogen-bond donors (Lipinski definition) is 0. The summed E-state index contributed by atoms with van der Waals surface area (Å²) in [5.41, 5.74) is 3.10. The highest BCUT2D eigenvalue weighted by Crippen LogP contribution is 2.25. The molecular formula is C21H24BrN3O3. The fourth-order valence-electron chi connectivity index (χ4n) is 3.05. The van der Waals surface area contributed by atoms with Crippen LogP contribution in [-0.4, -0.2) is 27.6 Å². The minimum atomic E-state index is -0.171. The Bertz CT molecular complexity index is 977. The number of amides is 1. The minimum absolute atomic E-state index is 0.171. The summed E-state index contributed by atoms with van der Waals surface area (Å²) < 4.78 is 14.3. The quantitative estimate of drug-likeness (QED) is 0.527. The van der Waals surface area contributed by atoms with Gasteiger partial charge in [-0.2, -0.15) is 5.10 Å². The van der Waals surface area contributed by atoms with Crippen LogP contribution in [0, 0.1) is 13.8 Å². The summed E-state index contributed by atoms with van der Waals surface area (Å²) in [4.78, 5) is 14.4. The number of carbonyl (C=O) groups excluding carboxylic acids is 1. The zero-order valence-corrected chi connectivity index (χ0v) is 18.1. The van der Waals surface area contributed by atoms with Crippen molar-refractivity contribution < 1.29 is 13.9 Å². The molecule has 0 bridgehead atoms. The first kappa shape index (κ1) is 20.2. The number of rotatable bonds is 7. The second-order valence-electron chi connectivity index (χ2n) is 6.61. The molecule has 0 aliphatic carbocycles. The SMILES string of the molecule is CCn1nc(C)c(CN(C)C(=O)c2ccc(COc3ccccc3Br)o2)c1C. The van der Waals surface area contributed by atoms with Crippen molar-refractivity contribution in [3.63, 3.8) is 0 Å². The summed E-state index contributed by atoms with van der Waals surface area (Å²) in [7, 11) is 1.77. The van der Waals surface area contributed by atoms with E-state index in [1.54, 1.807) is 24.1 Å². The Balaban J connectivity index is 1.65. The van der Waals surface area contributed by atoms with Gasteiger partial charge in [0, 0.05) is 31.4 Å². The minimum Gasteiger partial charge on any atom is -0.484 e. The van der Waals surface area contributed by atoms with E-state index in [0.29, 0.717) is 18.1 Å². The van der Waals surface area contributed by atoms with Gasteiger partial charge in [-0.3, -0.25) is 9.48 Å². The summed E-state index contributed by atoms with van der Waals surface area (Å²) in [5.74, 6) is 1.45. The standard InChI is InChI=1S/C21H24BrN3O3/c1-5-25-15(3)17(14(2)23-25)12-24(4)21(26)20-11-10-16(28-20)13-27-19-9-7-6-8-18(19)22/h6-11H,5,12-13H2,1-4H3. The highest BCUT2D eigenvalue weighted by atomic mass is 79.9. The van der Waals surface area contributed by atoms with Crippen molar-refractivity contribution in [3.05, 3.63) is 69.3 Å². The lowest BCUT2D eigenvalue weighted by atomic mass is 10.2. The molecule has 1 aromatic carbocycles. The van der Waals surface area contributed by atoms with Gasteiger partial charge in [-0.05, 0) is 61.0 Å². The van der Waals surface area contributed by atoms with Gasteiger partial charge in [0.15, 0.2) is 5.76 Å². The first-order chi connectivity index (χ1) is 13.4. The number of ether oxygens (including phenoxy) is 1. The maximum Gasteiger partial charge on any atom is 0.289 e. The van der Waals surface area contributed by atoms with Crippen molar-refractivity contribution in [2.24, 2.45) is 0 Å². The Morgan fingerprint density at radius 3 is 2.68 bits per heavy atom. The van der Waals surface area contributed by atoms with E-state index in [2.05, 4.69) is 28.0 Å². The van der Waals surface area contributed by atoms with Crippen molar-refractivity contribution in [1.82, 2.24) is 14.7 Å². The predicted octanol–water partition coefficient (Wildman–Crippen LogP) is 4.73. The van der Waals surface area contributed by atoms with Gasteiger partial charge in [-0.1, -0.05) is 12.1 Å². The number of para-hydroxylation sites is 1. The number of hydrogen-bond acceptors (Lipinski definition) is 4. The average molecular weight is 446 g/mol. The van der Waals surface area contributed by atoms with Gasteiger partial charge in [-0.25, -0.2) is 0 Å². The number of aryl methyl sites for hydroxylation is 2. The van der Waals surface area contributed by atoms with Gasteiger partial charge in [0.05, 0.1) is 10.2 Å². The van der Waals surface area contributed by atoms with Gasteiger partial charge in [0.2, 0.25) is 0 Å². The second kappa shape index (κ2) is 8.65. The lowest BCUT2D eigenvalue weighted by Crippen LogP contribution is -2.26. The molecule has 1 amide bonds. The molecule has 7 heteroatoms. The highest BCUT2D eigenvalue weighted by molar-refractivity contribution is 9.10. The molecular weight excluding hydrogens is 422 g/mol. The topological polar surface area (TPSA) is 60.5 Å². The van der Waals surface area contributed by atoms with Gasteiger partial charge in [-0.15, -0.1) is 0 Å². The van der Waals surface area contributed by atoms with Gasteiger partial charge in [0.25, 0.3) is 5.91 Å². The summed E-state index contributed by atoms with van der Waals surface area (Å²) in [6, 6.07) is 11.1. The van der Waals surface area contributed by atoms with E-state index in [9.17, 15) is 4.79 Å². The van der Waals surface area contributed by atoms with Crippen LogP contribution in [0.2, 0.25) is 0 Å². The van der Waals surface area contributed by atoms with Crippen molar-refractivity contribution in [2.45, 2.75) is 40.5 Å². The number of nitrogens with zero attached hydrogens (tertiary/aromatic N) is 3. The van der Waals surface area contributed by atoms with Gasteiger partial charge < -0.3 is 14.1 Å². The van der Waals surface area contributed by atoms with Gasteiger partial charge in [0.1, 0.15) is 18.1 Å². The summed E-state index contributed by atoms with van der Waals surface area (Å²) >= 11 is 3.44. The van der Waals surface area contributed by atoms with Crippen LogP contribution >= 0.6 is 15.9 Å². The fourth-order valence-corrected chi connectivity index (χ4v) is 3.45. The van der Waals surface area contributed by atoms with Crippen LogP contribution in [0.5, 0.6) is 5.75 Å². The van der Waals surface area contributed by atoms with E-state index in [0.717, 1.165) is 33.7 Å². The van der Waals surface area contributed by atoms with Crippen molar-refractivity contribution in [2.75, 3.05) is 7.05 Å². The molecule has 0 aliphatic rings. The molecule has 0 saturated heterocycles. The third kappa shape index (κ3) is 4.30. The lowest BCUT2D eigenvalue weighted by Gasteiger charge is -2.16. The molecule has 28 heavy (non-hydrogen) atoms. The molecule has 148 valence electrons. The van der Waals surface area contributed by atoms with E-state index in [1.807, 2.05) is 42.8 Å². The van der Waals surface area contributed by atoms with Crippen LogP contribution in [0.4, 0.5) is 0 Å². The fraction of sp³-hybridized carbons (Fsp3) is 0.333. The highest BCUT2D eigenvalue weighted by Gasteiger charge is 2.20. The van der Waals surface area contributed by atoms with Crippen molar-refractivity contribution >= 4 is 21.8 Å². The Labute approximate surface area is 173 Å². The number of aromatic nitrogens is 2. The maximum absolute atomic E-state index is 12.7. The summed E-state index contributed by atoms with van der Waals surface area (Å²) in [6.07, 6.45) is 0. The average Bonchev–Trinajstić information content (AvgIpc) is 3.26. The Hall–Kier alpha value is -2.54. The molecule has 0 atom stereocenters. The molecule has 0 radical (unpaired) electrons. The predicted molar refractivity (Wildman–Crippen MR) is 110 cm³/mol. The summed E-state index contributed by atoms with van der Waals surface area (Å²) in [6.45, 7) is 7.60. The van der Waals surface area contributed by atoms with E-state index >= 15 is 0 Å². The van der Waals surface area contributed by atoms with Crippen molar-refractivity contribution in [1.29, 1.82) is 0 Å². The molecule has 0 saturated carbocycles. The van der Waals surface area contributed by atoms with E-state index in [1.165, 1.54) is 0 Å². The Kier molecular flexibility index (Phi) is 6.24. The van der Waals surface area contributed by atoms with Crippen LogP contribution in [-0.2, 0) is 19.7 Å².